The van der Waals surface area contributed by atoms with Gasteiger partial charge >= 0.3 is 6.18 Å². The number of carbonyl (C=O) groups is 3. The van der Waals surface area contributed by atoms with Gasteiger partial charge in [-0.3, -0.25) is 14.4 Å². The van der Waals surface area contributed by atoms with Gasteiger partial charge in [-0.1, -0.05) is 24.3 Å². The lowest BCUT2D eigenvalue weighted by molar-refractivity contribution is -0.138. The zero-order valence-electron chi connectivity index (χ0n) is 18.8. The summed E-state index contributed by atoms with van der Waals surface area (Å²) in [6.45, 7) is -1.40. The molecule has 1 saturated carbocycles. The van der Waals surface area contributed by atoms with Crippen molar-refractivity contribution in [2.45, 2.75) is 49.9 Å². The Bertz CT molecular complexity index is 1190. The van der Waals surface area contributed by atoms with Gasteiger partial charge in [0.15, 0.2) is 0 Å². The van der Waals surface area contributed by atoms with Crippen LogP contribution in [0.1, 0.15) is 47.2 Å². The molecule has 0 radical (unpaired) electrons. The Balaban J connectivity index is 1.28. The Morgan fingerprint density at radius 3 is 2.63 bits per heavy atom. The van der Waals surface area contributed by atoms with Crippen LogP contribution >= 0.6 is 0 Å². The van der Waals surface area contributed by atoms with Crippen molar-refractivity contribution in [3.8, 4) is 5.75 Å². The van der Waals surface area contributed by atoms with Gasteiger partial charge in [0.05, 0.1) is 11.5 Å². The molecule has 0 atom stereocenters. The van der Waals surface area contributed by atoms with Crippen LogP contribution in [-0.2, 0) is 21.5 Å². The van der Waals surface area contributed by atoms with Gasteiger partial charge in [0.1, 0.15) is 18.8 Å². The first-order valence-electron chi connectivity index (χ1n) is 11.5. The first kappa shape index (κ1) is 23.2. The highest BCUT2D eigenvalue weighted by Gasteiger charge is 2.52. The molecule has 2 aromatic rings. The third kappa shape index (κ3) is 4.33. The molecule has 3 aliphatic rings. The van der Waals surface area contributed by atoms with Crippen LogP contribution in [0.5, 0.6) is 5.75 Å². The van der Waals surface area contributed by atoms with Crippen LogP contribution in [0, 0.1) is 0 Å². The maximum atomic E-state index is 13.5. The largest absolute Gasteiger partial charge is 0.490 e. The number of amides is 3. The van der Waals surface area contributed by atoms with E-state index in [9.17, 15) is 27.6 Å². The Labute approximate surface area is 199 Å². The summed E-state index contributed by atoms with van der Waals surface area (Å²) >= 11 is 0. The quantitative estimate of drug-likeness (QED) is 0.678. The van der Waals surface area contributed by atoms with E-state index < -0.39 is 30.6 Å². The fourth-order valence-corrected chi connectivity index (χ4v) is 5.29. The minimum atomic E-state index is -4.52. The van der Waals surface area contributed by atoms with Gasteiger partial charge in [-0.2, -0.15) is 13.2 Å². The van der Waals surface area contributed by atoms with Gasteiger partial charge < -0.3 is 20.3 Å². The molecule has 0 bridgehead atoms. The Morgan fingerprint density at radius 2 is 1.89 bits per heavy atom. The Hall–Kier alpha value is -3.56. The van der Waals surface area contributed by atoms with E-state index >= 15 is 0 Å². The van der Waals surface area contributed by atoms with Crippen LogP contribution < -0.4 is 20.3 Å². The predicted molar refractivity (Wildman–Crippen MR) is 120 cm³/mol. The molecule has 184 valence electrons. The zero-order valence-corrected chi connectivity index (χ0v) is 18.8. The van der Waals surface area contributed by atoms with Crippen molar-refractivity contribution in [2.75, 3.05) is 18.0 Å². The number of carbonyl (C=O) groups excluding carboxylic acids is 3. The molecule has 2 aromatic carbocycles. The SMILES string of the molecule is O=C(CN1C(=O)C2(CCC(Oc3ccc4c(c3)C(=O)NC4)CC2)c2ccccc21)NCC(F)(F)F. The van der Waals surface area contributed by atoms with E-state index in [4.69, 9.17) is 4.74 Å². The first-order valence-corrected chi connectivity index (χ1v) is 11.5. The van der Waals surface area contributed by atoms with E-state index in [0.29, 0.717) is 49.2 Å². The normalized spacial score (nSPS) is 23.2. The summed E-state index contributed by atoms with van der Waals surface area (Å²) in [5.74, 6) is -0.655. The van der Waals surface area contributed by atoms with Crippen molar-refractivity contribution in [1.82, 2.24) is 10.6 Å². The second-order valence-corrected chi connectivity index (χ2v) is 9.20. The van der Waals surface area contributed by atoms with Crippen LogP contribution in [0.3, 0.4) is 0 Å². The number of hydrogen-bond acceptors (Lipinski definition) is 4. The number of anilines is 1. The number of ether oxygens (including phenoxy) is 1. The van der Waals surface area contributed by atoms with Crippen molar-refractivity contribution in [2.24, 2.45) is 0 Å². The predicted octanol–water partition coefficient (Wildman–Crippen LogP) is 3.21. The summed E-state index contributed by atoms with van der Waals surface area (Å²) in [5.41, 5.74) is 2.05. The van der Waals surface area contributed by atoms with E-state index in [1.54, 1.807) is 18.2 Å². The topological polar surface area (TPSA) is 87.7 Å². The van der Waals surface area contributed by atoms with Crippen molar-refractivity contribution in [3.05, 3.63) is 59.2 Å². The third-order valence-electron chi connectivity index (χ3n) is 7.01. The smallest absolute Gasteiger partial charge is 0.405 e. The van der Waals surface area contributed by atoms with Gasteiger partial charge in [0.25, 0.3) is 5.91 Å². The number of alkyl halides is 3. The highest BCUT2D eigenvalue weighted by atomic mass is 19.4. The highest BCUT2D eigenvalue weighted by Crippen LogP contribution is 2.50. The van der Waals surface area contributed by atoms with Gasteiger partial charge in [0.2, 0.25) is 11.8 Å². The first-order chi connectivity index (χ1) is 16.7. The van der Waals surface area contributed by atoms with E-state index in [0.717, 1.165) is 11.1 Å². The molecule has 2 aliphatic heterocycles. The second-order valence-electron chi connectivity index (χ2n) is 9.20. The summed E-state index contributed by atoms with van der Waals surface area (Å²) in [7, 11) is 0. The molecule has 7 nitrogen and oxygen atoms in total. The highest BCUT2D eigenvalue weighted by molar-refractivity contribution is 6.10. The van der Waals surface area contributed by atoms with Gasteiger partial charge in [-0.15, -0.1) is 0 Å². The van der Waals surface area contributed by atoms with Crippen molar-refractivity contribution in [3.63, 3.8) is 0 Å². The van der Waals surface area contributed by atoms with Crippen LogP contribution in [0.2, 0.25) is 0 Å². The Morgan fingerprint density at radius 1 is 1.14 bits per heavy atom. The molecule has 35 heavy (non-hydrogen) atoms. The summed E-state index contributed by atoms with van der Waals surface area (Å²) in [6, 6.07) is 12.6. The molecule has 3 amide bonds. The van der Waals surface area contributed by atoms with Gasteiger partial charge in [0, 0.05) is 17.8 Å². The van der Waals surface area contributed by atoms with Crippen molar-refractivity contribution < 1.29 is 32.3 Å². The van der Waals surface area contributed by atoms with Crippen molar-refractivity contribution >= 4 is 23.4 Å². The van der Waals surface area contributed by atoms with E-state index in [1.807, 2.05) is 29.6 Å². The molecule has 5 rings (SSSR count). The monoisotopic (exact) mass is 487 g/mol. The van der Waals surface area contributed by atoms with Crippen LogP contribution in [0.15, 0.2) is 42.5 Å². The summed E-state index contributed by atoms with van der Waals surface area (Å²) in [5, 5.41) is 4.62. The van der Waals surface area contributed by atoms with Gasteiger partial charge in [-0.05, 0) is 55.0 Å². The zero-order chi connectivity index (χ0) is 24.8. The van der Waals surface area contributed by atoms with Crippen LogP contribution in [-0.4, -0.2) is 43.1 Å². The number of nitrogens with one attached hydrogen (secondary N) is 2. The average Bonchev–Trinajstić information content (AvgIpc) is 3.30. The fraction of sp³-hybridized carbons (Fsp3) is 0.400. The van der Waals surface area contributed by atoms with Crippen molar-refractivity contribution in [1.29, 1.82) is 0 Å². The number of halogens is 3. The molecule has 1 spiro atoms. The molecule has 2 heterocycles. The molecule has 0 saturated heterocycles. The molecular formula is C25H24F3N3O4. The number of benzene rings is 2. The fourth-order valence-electron chi connectivity index (χ4n) is 5.29. The summed E-state index contributed by atoms with van der Waals surface area (Å²) < 4.78 is 43.6. The number of fused-ring (bicyclic) bond motifs is 3. The minimum Gasteiger partial charge on any atom is -0.490 e. The molecule has 0 unspecified atom stereocenters. The maximum Gasteiger partial charge on any atom is 0.405 e. The van der Waals surface area contributed by atoms with E-state index in [2.05, 4.69) is 5.32 Å². The molecular weight excluding hydrogens is 463 g/mol. The summed E-state index contributed by atoms with van der Waals surface area (Å²) in [4.78, 5) is 39.0. The van der Waals surface area contributed by atoms with Crippen LogP contribution in [0.25, 0.3) is 0 Å². The molecule has 1 aliphatic carbocycles. The number of hydrogen-bond donors (Lipinski definition) is 2. The summed E-state index contributed by atoms with van der Waals surface area (Å²) in [6.07, 6.45) is -2.54. The number of para-hydroxylation sites is 1. The lowest BCUT2D eigenvalue weighted by Crippen LogP contribution is -2.48. The van der Waals surface area contributed by atoms with E-state index in [-0.39, 0.29) is 17.9 Å². The number of rotatable bonds is 5. The average molecular weight is 487 g/mol. The Kier molecular flexibility index (Phi) is 5.69. The molecule has 10 heteroatoms. The van der Waals surface area contributed by atoms with E-state index in [1.165, 1.54) is 4.90 Å². The second kappa shape index (κ2) is 8.58. The standard InChI is InChI=1S/C25H24F3N3O4/c26-25(27,28)14-30-21(32)13-31-20-4-2-1-3-19(20)24(23(31)34)9-7-16(8-10-24)35-17-6-5-15-12-29-22(33)18(15)11-17/h1-6,11,16H,7-10,12-14H2,(H,29,33)(H,30,32). The minimum absolute atomic E-state index is 0.124. The molecule has 2 N–H and O–H groups in total. The van der Waals surface area contributed by atoms with Crippen LogP contribution in [0.4, 0.5) is 18.9 Å². The lowest BCUT2D eigenvalue weighted by atomic mass is 9.69. The lowest BCUT2D eigenvalue weighted by Gasteiger charge is -2.36. The van der Waals surface area contributed by atoms with Gasteiger partial charge in [-0.25, -0.2) is 0 Å². The maximum absolute atomic E-state index is 13.5. The number of nitrogens with zero attached hydrogens (tertiary/aromatic N) is 1. The molecule has 1 fully saturated rings. The third-order valence-corrected chi connectivity index (χ3v) is 7.01. The molecule has 0 aromatic heterocycles.